The van der Waals surface area contributed by atoms with Gasteiger partial charge in [-0.25, -0.2) is 4.79 Å². The summed E-state index contributed by atoms with van der Waals surface area (Å²) in [5, 5.41) is 0. The van der Waals surface area contributed by atoms with Gasteiger partial charge in [-0.05, 0) is 96.4 Å². The molecule has 0 atom stereocenters. The molecule has 1 aromatic rings. The second-order valence-corrected chi connectivity index (χ2v) is 9.95. The lowest BCUT2D eigenvalue weighted by atomic mass is 9.80. The highest BCUT2D eigenvalue weighted by molar-refractivity contribution is 14.1. The first-order chi connectivity index (χ1) is 14.2. The number of methoxy groups -OCH3 is 1. The van der Waals surface area contributed by atoms with Crippen molar-refractivity contribution in [3.63, 3.8) is 0 Å². The van der Waals surface area contributed by atoms with Crippen molar-refractivity contribution in [2.45, 2.75) is 77.9 Å². The van der Waals surface area contributed by atoms with E-state index in [1.165, 1.54) is 0 Å². The average Bonchev–Trinajstić information content (AvgIpc) is 2.92. The predicted octanol–water partition coefficient (Wildman–Crippen LogP) is 5.35. The van der Waals surface area contributed by atoms with Crippen LogP contribution >= 0.6 is 22.6 Å². The highest BCUT2D eigenvalue weighted by atomic mass is 127. The number of benzene rings is 1. The van der Waals surface area contributed by atoms with Crippen molar-refractivity contribution >= 4 is 40.1 Å². The third-order valence-electron chi connectivity index (χ3n) is 6.01. The molecule has 2 aliphatic rings. The van der Waals surface area contributed by atoms with Crippen LogP contribution in [0.15, 0.2) is 17.9 Å². The Morgan fingerprint density at radius 2 is 1.97 bits per heavy atom. The molecule has 0 unspecified atom stereocenters. The maximum Gasteiger partial charge on any atom is 0.343 e. The van der Waals surface area contributed by atoms with Gasteiger partial charge in [0.2, 0.25) is 0 Å². The van der Waals surface area contributed by atoms with Crippen molar-refractivity contribution in [1.29, 1.82) is 0 Å². The number of ether oxygens (including phenoxy) is 3. The van der Waals surface area contributed by atoms with Crippen LogP contribution in [0.3, 0.4) is 0 Å². The Morgan fingerprint density at radius 3 is 2.53 bits per heavy atom. The third kappa shape index (κ3) is 4.59. The normalized spacial score (nSPS) is 24.0. The molecule has 6 heteroatoms. The molecule has 0 saturated heterocycles. The van der Waals surface area contributed by atoms with E-state index in [0.29, 0.717) is 30.6 Å². The van der Waals surface area contributed by atoms with E-state index in [1.807, 2.05) is 20.8 Å². The van der Waals surface area contributed by atoms with E-state index in [0.717, 1.165) is 39.5 Å². The van der Waals surface area contributed by atoms with Crippen molar-refractivity contribution in [2.24, 2.45) is 5.92 Å². The molecule has 1 fully saturated rings. The van der Waals surface area contributed by atoms with Crippen LogP contribution in [0.1, 0.15) is 69.6 Å². The van der Waals surface area contributed by atoms with Gasteiger partial charge in [0.25, 0.3) is 0 Å². The lowest BCUT2D eigenvalue weighted by molar-refractivity contribution is -0.158. The average molecular weight is 526 g/mol. The van der Waals surface area contributed by atoms with Crippen LogP contribution in [0.2, 0.25) is 0 Å². The summed E-state index contributed by atoms with van der Waals surface area (Å²) in [6.07, 6.45) is 3.91. The van der Waals surface area contributed by atoms with Crippen LogP contribution in [0.4, 0.5) is 0 Å². The Hall–Kier alpha value is -1.41. The van der Waals surface area contributed by atoms with Crippen LogP contribution in [0.25, 0.3) is 5.57 Å². The molecule has 30 heavy (non-hydrogen) atoms. The first kappa shape index (κ1) is 23.3. The highest BCUT2D eigenvalue weighted by Crippen LogP contribution is 2.48. The first-order valence-electron chi connectivity index (χ1n) is 10.7. The molecule has 1 heterocycles. The van der Waals surface area contributed by atoms with Crippen molar-refractivity contribution in [2.75, 3.05) is 7.11 Å². The minimum atomic E-state index is -0.880. The molecule has 1 spiro atoms. The monoisotopic (exact) mass is 526 g/mol. The summed E-state index contributed by atoms with van der Waals surface area (Å²) >= 11 is 2.29. The van der Waals surface area contributed by atoms with Gasteiger partial charge < -0.3 is 14.2 Å². The van der Waals surface area contributed by atoms with Gasteiger partial charge in [0.15, 0.2) is 11.4 Å². The molecule has 1 saturated carbocycles. The van der Waals surface area contributed by atoms with Gasteiger partial charge in [0.05, 0.1) is 6.10 Å². The van der Waals surface area contributed by atoms with Gasteiger partial charge in [-0.3, -0.25) is 4.79 Å². The van der Waals surface area contributed by atoms with Crippen molar-refractivity contribution < 1.29 is 23.8 Å². The van der Waals surface area contributed by atoms with Gasteiger partial charge in [-0.2, -0.15) is 0 Å². The summed E-state index contributed by atoms with van der Waals surface area (Å²) in [7, 11) is 1.70. The Balaban J connectivity index is 2.14. The van der Waals surface area contributed by atoms with E-state index in [1.54, 1.807) is 7.11 Å². The minimum absolute atomic E-state index is 0.136. The van der Waals surface area contributed by atoms with Crippen LogP contribution in [-0.4, -0.2) is 30.8 Å². The molecule has 3 rings (SSSR count). The molecule has 0 aromatic heterocycles. The van der Waals surface area contributed by atoms with Gasteiger partial charge in [-0.15, -0.1) is 0 Å². The van der Waals surface area contributed by atoms with E-state index in [4.69, 9.17) is 14.2 Å². The van der Waals surface area contributed by atoms with Crippen LogP contribution in [-0.2, 0) is 30.2 Å². The summed E-state index contributed by atoms with van der Waals surface area (Å²) in [4.78, 5) is 25.9. The number of halogens is 1. The number of rotatable bonds is 6. The second kappa shape index (κ2) is 9.39. The summed E-state index contributed by atoms with van der Waals surface area (Å²) in [5.41, 5.74) is 2.45. The number of hydrogen-bond donors (Lipinski definition) is 0. The van der Waals surface area contributed by atoms with Gasteiger partial charge in [-0.1, -0.05) is 20.8 Å². The number of hydrogen-bond acceptors (Lipinski definition) is 5. The zero-order chi connectivity index (χ0) is 22.1. The number of aryl methyl sites for hydroxylation is 2. The van der Waals surface area contributed by atoms with Crippen LogP contribution in [0, 0.1) is 16.4 Å². The molecule has 1 aliphatic heterocycles. The standard InChI is InChI=1S/C24H31IO5/c1-6-16-13-17(25)12-15(4)20(16)21-22(29-19(26)11-14(2)3)24(30-23(21)27)9-7-18(28-5)8-10-24/h12-14,18H,6-11H2,1-5H3. The molecule has 0 bridgehead atoms. The maximum absolute atomic E-state index is 13.2. The lowest BCUT2D eigenvalue weighted by Crippen LogP contribution is -2.40. The van der Waals surface area contributed by atoms with Crippen LogP contribution in [0.5, 0.6) is 0 Å². The molecule has 5 nitrogen and oxygen atoms in total. The number of esters is 2. The van der Waals surface area contributed by atoms with Crippen LogP contribution < -0.4 is 0 Å². The van der Waals surface area contributed by atoms with Gasteiger partial charge in [0, 0.05) is 17.1 Å². The summed E-state index contributed by atoms with van der Waals surface area (Å²) in [6, 6.07) is 4.14. The van der Waals surface area contributed by atoms with Crippen molar-refractivity contribution in [3.8, 4) is 0 Å². The largest absolute Gasteiger partial charge is 0.447 e. The van der Waals surface area contributed by atoms with E-state index in [-0.39, 0.29) is 18.0 Å². The zero-order valence-electron chi connectivity index (χ0n) is 18.5. The Kier molecular flexibility index (Phi) is 7.28. The molecular weight excluding hydrogens is 495 g/mol. The van der Waals surface area contributed by atoms with Crippen molar-refractivity contribution in [1.82, 2.24) is 0 Å². The number of carbonyl (C=O) groups is 2. The summed E-state index contributed by atoms with van der Waals surface area (Å²) < 4.78 is 18.6. The van der Waals surface area contributed by atoms with E-state index < -0.39 is 11.6 Å². The Morgan fingerprint density at radius 1 is 1.30 bits per heavy atom. The SMILES string of the molecule is CCc1cc(I)cc(C)c1C1=C(OC(=O)CC(C)C)C2(CCC(OC)CC2)OC1=O. The summed E-state index contributed by atoms with van der Waals surface area (Å²) in [5.74, 6) is -0.125. The fraction of sp³-hybridized carbons (Fsp3) is 0.583. The Bertz CT molecular complexity index is 863. The number of carbonyl (C=O) groups excluding carboxylic acids is 2. The third-order valence-corrected chi connectivity index (χ3v) is 6.63. The van der Waals surface area contributed by atoms with E-state index in [9.17, 15) is 9.59 Å². The highest BCUT2D eigenvalue weighted by Gasteiger charge is 2.52. The smallest absolute Gasteiger partial charge is 0.343 e. The first-order valence-corrected chi connectivity index (χ1v) is 11.8. The fourth-order valence-corrected chi connectivity index (χ4v) is 5.36. The molecule has 0 radical (unpaired) electrons. The Labute approximate surface area is 192 Å². The molecule has 164 valence electrons. The molecule has 1 aromatic carbocycles. The fourth-order valence-electron chi connectivity index (χ4n) is 4.52. The summed E-state index contributed by atoms with van der Waals surface area (Å²) in [6.45, 7) is 8.02. The van der Waals surface area contributed by atoms with E-state index in [2.05, 4.69) is 41.6 Å². The zero-order valence-corrected chi connectivity index (χ0v) is 20.6. The van der Waals surface area contributed by atoms with E-state index >= 15 is 0 Å². The van der Waals surface area contributed by atoms with Gasteiger partial charge in [0.1, 0.15) is 5.57 Å². The predicted molar refractivity (Wildman–Crippen MR) is 124 cm³/mol. The maximum atomic E-state index is 13.2. The lowest BCUT2D eigenvalue weighted by Gasteiger charge is -2.36. The molecule has 0 amide bonds. The molecule has 0 N–H and O–H groups in total. The molecule has 1 aliphatic carbocycles. The minimum Gasteiger partial charge on any atom is -0.447 e. The van der Waals surface area contributed by atoms with Crippen molar-refractivity contribution in [3.05, 3.63) is 38.2 Å². The quantitative estimate of drug-likeness (QED) is 0.370. The van der Waals surface area contributed by atoms with Gasteiger partial charge >= 0.3 is 11.9 Å². The molecular formula is C24H31IO5. The topological polar surface area (TPSA) is 61.8 Å². The second-order valence-electron chi connectivity index (χ2n) is 8.71.